The topological polar surface area (TPSA) is 70.7 Å². The number of nitrogens with one attached hydrogen (secondary N) is 2. The van der Waals surface area contributed by atoms with E-state index in [0.29, 0.717) is 17.3 Å². The molecule has 6 nitrogen and oxygen atoms in total. The minimum atomic E-state index is -0.540. The van der Waals surface area contributed by atoms with Crippen LogP contribution in [0.1, 0.15) is 37.4 Å². The fraction of sp³-hybridized carbons (Fsp3) is 0.684. The van der Waals surface area contributed by atoms with Crippen LogP contribution in [0.3, 0.4) is 0 Å². The van der Waals surface area contributed by atoms with E-state index in [0.717, 1.165) is 26.3 Å². The predicted octanol–water partition coefficient (Wildman–Crippen LogP) is 1.98. The van der Waals surface area contributed by atoms with Gasteiger partial charge in [-0.3, -0.25) is 14.5 Å². The Labute approximate surface area is 160 Å². The Morgan fingerprint density at radius 3 is 2.42 bits per heavy atom. The van der Waals surface area contributed by atoms with Crippen LogP contribution in [-0.4, -0.2) is 61.6 Å². The molecule has 2 unspecified atom stereocenters. The van der Waals surface area contributed by atoms with Crippen molar-refractivity contribution in [2.24, 2.45) is 11.8 Å². The van der Waals surface area contributed by atoms with Crippen molar-refractivity contribution >= 4 is 23.2 Å². The molecule has 0 aromatic carbocycles. The van der Waals surface area contributed by atoms with Gasteiger partial charge < -0.3 is 15.4 Å². The van der Waals surface area contributed by atoms with Gasteiger partial charge in [-0.05, 0) is 23.3 Å². The van der Waals surface area contributed by atoms with Gasteiger partial charge in [0.05, 0.1) is 18.1 Å². The molecule has 1 aliphatic rings. The van der Waals surface area contributed by atoms with Crippen molar-refractivity contribution in [3.8, 4) is 0 Å². The average Bonchev–Trinajstić information content (AvgIpc) is 3.14. The van der Waals surface area contributed by atoms with Crippen LogP contribution in [-0.2, 0) is 9.53 Å². The van der Waals surface area contributed by atoms with Crippen LogP contribution < -0.4 is 10.6 Å². The van der Waals surface area contributed by atoms with E-state index >= 15 is 0 Å². The summed E-state index contributed by atoms with van der Waals surface area (Å²) in [5.41, 5.74) is 0. The van der Waals surface area contributed by atoms with Crippen LogP contribution in [0.5, 0.6) is 0 Å². The zero-order chi connectivity index (χ0) is 19.1. The van der Waals surface area contributed by atoms with E-state index < -0.39 is 6.04 Å². The zero-order valence-corrected chi connectivity index (χ0v) is 17.0. The standard InChI is InChI=1S/C19H31N3O3S/c1-13(2)15(22-7-9-25-10-8-22)12-20-19(24)17(14(3)4)21-18(23)16-6-5-11-26-16/h5-6,11,13-15,17H,7-10,12H2,1-4H3,(H,20,24)(H,21,23). The maximum absolute atomic E-state index is 12.7. The fourth-order valence-corrected chi connectivity index (χ4v) is 3.79. The quantitative estimate of drug-likeness (QED) is 0.722. The van der Waals surface area contributed by atoms with Gasteiger partial charge in [0.25, 0.3) is 5.91 Å². The number of thiophene rings is 1. The number of carbonyl (C=O) groups is 2. The monoisotopic (exact) mass is 381 g/mol. The molecule has 0 saturated carbocycles. The first-order chi connectivity index (χ1) is 12.4. The van der Waals surface area contributed by atoms with Gasteiger partial charge in [-0.2, -0.15) is 0 Å². The summed E-state index contributed by atoms with van der Waals surface area (Å²) in [4.78, 5) is 28.1. The summed E-state index contributed by atoms with van der Waals surface area (Å²) in [5.74, 6) is 0.123. The normalized spacial score (nSPS) is 17.9. The molecule has 0 bridgehead atoms. The SMILES string of the molecule is CC(C)C(NC(=O)c1cccs1)C(=O)NCC(C(C)C)N1CCOCC1. The van der Waals surface area contributed by atoms with Gasteiger partial charge in [-0.15, -0.1) is 11.3 Å². The summed E-state index contributed by atoms with van der Waals surface area (Å²) in [6.45, 7) is 12.1. The number of nitrogens with zero attached hydrogens (tertiary/aromatic N) is 1. The lowest BCUT2D eigenvalue weighted by Gasteiger charge is -2.37. The Morgan fingerprint density at radius 2 is 1.88 bits per heavy atom. The summed E-state index contributed by atoms with van der Waals surface area (Å²) < 4.78 is 5.43. The number of morpholine rings is 1. The van der Waals surface area contributed by atoms with Gasteiger partial charge in [0, 0.05) is 25.7 Å². The number of rotatable bonds is 8. The molecule has 0 radical (unpaired) electrons. The highest BCUT2D eigenvalue weighted by atomic mass is 32.1. The van der Waals surface area contributed by atoms with E-state index in [1.807, 2.05) is 25.3 Å². The van der Waals surface area contributed by atoms with Crippen LogP contribution in [0.2, 0.25) is 0 Å². The molecule has 2 heterocycles. The molecule has 0 aliphatic carbocycles. The van der Waals surface area contributed by atoms with E-state index in [1.54, 1.807) is 6.07 Å². The molecular formula is C19H31N3O3S. The van der Waals surface area contributed by atoms with E-state index in [4.69, 9.17) is 4.74 Å². The van der Waals surface area contributed by atoms with Gasteiger partial charge >= 0.3 is 0 Å². The first kappa shape index (κ1) is 20.9. The van der Waals surface area contributed by atoms with Crippen molar-refractivity contribution in [1.82, 2.24) is 15.5 Å². The summed E-state index contributed by atoms with van der Waals surface area (Å²) in [7, 11) is 0. The molecule has 146 valence electrons. The smallest absolute Gasteiger partial charge is 0.262 e. The lowest BCUT2D eigenvalue weighted by Crippen LogP contribution is -2.55. The highest BCUT2D eigenvalue weighted by molar-refractivity contribution is 7.12. The van der Waals surface area contributed by atoms with E-state index in [2.05, 4.69) is 29.4 Å². The predicted molar refractivity (Wildman–Crippen MR) is 104 cm³/mol. The van der Waals surface area contributed by atoms with Gasteiger partial charge in [0.15, 0.2) is 0 Å². The van der Waals surface area contributed by atoms with Crippen LogP contribution in [0, 0.1) is 11.8 Å². The molecule has 2 atom stereocenters. The molecule has 1 aromatic rings. The second-order valence-corrected chi connectivity index (χ2v) is 8.33. The largest absolute Gasteiger partial charge is 0.379 e. The molecule has 1 aliphatic heterocycles. The van der Waals surface area contributed by atoms with Crippen molar-refractivity contribution in [1.29, 1.82) is 0 Å². The molecule has 26 heavy (non-hydrogen) atoms. The highest BCUT2D eigenvalue weighted by Crippen LogP contribution is 2.13. The van der Waals surface area contributed by atoms with Gasteiger partial charge in [0.1, 0.15) is 6.04 Å². The maximum atomic E-state index is 12.7. The first-order valence-electron chi connectivity index (χ1n) is 9.34. The number of carbonyl (C=O) groups excluding carboxylic acids is 2. The third-order valence-corrected chi connectivity index (χ3v) is 5.62. The van der Waals surface area contributed by atoms with Gasteiger partial charge in [-0.25, -0.2) is 0 Å². The fourth-order valence-electron chi connectivity index (χ4n) is 3.17. The first-order valence-corrected chi connectivity index (χ1v) is 10.2. The Hall–Kier alpha value is -1.44. The van der Waals surface area contributed by atoms with E-state index in [9.17, 15) is 9.59 Å². The van der Waals surface area contributed by atoms with Crippen molar-refractivity contribution < 1.29 is 14.3 Å². The molecule has 0 spiro atoms. The Morgan fingerprint density at radius 1 is 1.19 bits per heavy atom. The van der Waals surface area contributed by atoms with Crippen molar-refractivity contribution in [3.05, 3.63) is 22.4 Å². The van der Waals surface area contributed by atoms with Crippen molar-refractivity contribution in [2.75, 3.05) is 32.8 Å². The lowest BCUT2D eigenvalue weighted by atomic mass is 10.00. The zero-order valence-electron chi connectivity index (χ0n) is 16.2. The highest BCUT2D eigenvalue weighted by Gasteiger charge is 2.28. The molecule has 1 saturated heterocycles. The molecular weight excluding hydrogens is 350 g/mol. The number of ether oxygens (including phenoxy) is 1. The second kappa shape index (κ2) is 10.0. The Bertz CT molecular complexity index is 569. The third-order valence-electron chi connectivity index (χ3n) is 4.75. The summed E-state index contributed by atoms with van der Waals surface area (Å²) in [6.07, 6.45) is 0. The molecule has 2 N–H and O–H groups in total. The number of amides is 2. The van der Waals surface area contributed by atoms with Gasteiger partial charge in [-0.1, -0.05) is 33.8 Å². The average molecular weight is 382 g/mol. The molecule has 7 heteroatoms. The Balaban J connectivity index is 1.94. The number of hydrogen-bond donors (Lipinski definition) is 2. The number of hydrogen-bond acceptors (Lipinski definition) is 5. The van der Waals surface area contributed by atoms with E-state index in [-0.39, 0.29) is 23.8 Å². The maximum Gasteiger partial charge on any atom is 0.262 e. The third kappa shape index (κ3) is 5.79. The molecule has 2 rings (SSSR count). The minimum absolute atomic E-state index is 0.0137. The molecule has 1 aromatic heterocycles. The summed E-state index contributed by atoms with van der Waals surface area (Å²) in [5, 5.41) is 7.79. The minimum Gasteiger partial charge on any atom is -0.379 e. The summed E-state index contributed by atoms with van der Waals surface area (Å²) in [6, 6.07) is 3.33. The Kier molecular flexibility index (Phi) is 8.06. The van der Waals surface area contributed by atoms with Crippen molar-refractivity contribution in [2.45, 2.75) is 39.8 Å². The summed E-state index contributed by atoms with van der Waals surface area (Å²) >= 11 is 1.38. The lowest BCUT2D eigenvalue weighted by molar-refractivity contribution is -0.124. The second-order valence-electron chi connectivity index (χ2n) is 7.38. The van der Waals surface area contributed by atoms with Crippen LogP contribution in [0.4, 0.5) is 0 Å². The van der Waals surface area contributed by atoms with Crippen molar-refractivity contribution in [3.63, 3.8) is 0 Å². The molecule has 2 amide bonds. The van der Waals surface area contributed by atoms with Gasteiger partial charge in [0.2, 0.25) is 5.91 Å². The molecule has 1 fully saturated rings. The van der Waals surface area contributed by atoms with Crippen LogP contribution in [0.15, 0.2) is 17.5 Å². The van der Waals surface area contributed by atoms with Crippen LogP contribution >= 0.6 is 11.3 Å². The van der Waals surface area contributed by atoms with Crippen LogP contribution in [0.25, 0.3) is 0 Å². The van der Waals surface area contributed by atoms with E-state index in [1.165, 1.54) is 11.3 Å².